The second-order valence-electron chi connectivity index (χ2n) is 2.37. The van der Waals surface area contributed by atoms with Crippen molar-refractivity contribution in [2.75, 3.05) is 7.11 Å². The van der Waals surface area contributed by atoms with E-state index in [0.717, 1.165) is 0 Å². The maximum Gasteiger partial charge on any atom is 0.314 e. The Morgan fingerprint density at radius 2 is 2.46 bits per heavy atom. The van der Waals surface area contributed by atoms with Gasteiger partial charge in [0, 0.05) is 13.1 Å². The van der Waals surface area contributed by atoms with Crippen molar-refractivity contribution in [3.63, 3.8) is 0 Å². The fourth-order valence-electron chi connectivity index (χ4n) is 0.885. The van der Waals surface area contributed by atoms with Gasteiger partial charge in [0.25, 0.3) is 0 Å². The molecule has 6 heteroatoms. The molecule has 1 aromatic rings. The van der Waals surface area contributed by atoms with E-state index in [0.29, 0.717) is 0 Å². The molecule has 0 N–H and O–H groups in total. The second-order valence-corrected chi connectivity index (χ2v) is 2.37. The van der Waals surface area contributed by atoms with E-state index in [-0.39, 0.29) is 11.4 Å². The first kappa shape index (κ1) is 9.24. The third kappa shape index (κ3) is 2.05. The van der Waals surface area contributed by atoms with E-state index in [2.05, 4.69) is 9.84 Å². The highest BCUT2D eigenvalue weighted by atomic mass is 16.6. The molecule has 0 aliphatic carbocycles. The third-order valence-corrected chi connectivity index (χ3v) is 1.40. The van der Waals surface area contributed by atoms with Gasteiger partial charge in [0.15, 0.2) is 5.69 Å². The number of hydrogen-bond acceptors (Lipinski definition) is 4. The molecule has 70 valence electrons. The van der Waals surface area contributed by atoms with Crippen LogP contribution in [0.5, 0.6) is 0 Å². The molecule has 0 atom stereocenters. The van der Waals surface area contributed by atoms with Crippen LogP contribution >= 0.6 is 0 Å². The lowest BCUT2D eigenvalue weighted by Crippen LogP contribution is -1.88. The molecule has 0 unspecified atom stereocenters. The Morgan fingerprint density at radius 1 is 1.77 bits per heavy atom. The molecule has 13 heavy (non-hydrogen) atoms. The number of ether oxygens (including phenoxy) is 1. The average molecular weight is 183 g/mol. The zero-order valence-electron chi connectivity index (χ0n) is 7.30. The molecule has 6 nitrogen and oxygen atoms in total. The fraction of sp³-hybridized carbons (Fsp3) is 0.286. The van der Waals surface area contributed by atoms with Crippen molar-refractivity contribution < 1.29 is 9.66 Å². The lowest BCUT2D eigenvalue weighted by molar-refractivity contribution is -0.385. The molecule has 0 aromatic carbocycles. The van der Waals surface area contributed by atoms with Gasteiger partial charge < -0.3 is 4.74 Å². The van der Waals surface area contributed by atoms with Crippen molar-refractivity contribution >= 4 is 11.8 Å². The van der Waals surface area contributed by atoms with E-state index in [1.165, 1.54) is 30.3 Å². The van der Waals surface area contributed by atoms with Crippen LogP contribution in [-0.4, -0.2) is 21.8 Å². The molecule has 0 spiro atoms. The summed E-state index contributed by atoms with van der Waals surface area (Å²) in [5.74, 6) is 0. The van der Waals surface area contributed by atoms with Crippen LogP contribution in [0, 0.1) is 10.1 Å². The van der Waals surface area contributed by atoms with Crippen LogP contribution < -0.4 is 0 Å². The SMILES string of the molecule is CO/C=C/c1nn(C)cc1[N+](=O)[O-]. The molecule has 0 bridgehead atoms. The second kappa shape index (κ2) is 3.70. The Morgan fingerprint density at radius 3 is 3.00 bits per heavy atom. The fourth-order valence-corrected chi connectivity index (χ4v) is 0.885. The van der Waals surface area contributed by atoms with E-state index >= 15 is 0 Å². The van der Waals surface area contributed by atoms with Gasteiger partial charge in [-0.2, -0.15) is 5.10 Å². The maximum atomic E-state index is 10.5. The molecule has 0 fully saturated rings. The molecule has 0 amide bonds. The van der Waals surface area contributed by atoms with Crippen LogP contribution in [0.15, 0.2) is 12.5 Å². The zero-order chi connectivity index (χ0) is 9.84. The summed E-state index contributed by atoms with van der Waals surface area (Å²) in [6, 6.07) is 0. The van der Waals surface area contributed by atoms with E-state index in [1.54, 1.807) is 7.05 Å². The van der Waals surface area contributed by atoms with Crippen molar-refractivity contribution in [3.8, 4) is 0 Å². The predicted molar refractivity (Wildman–Crippen MR) is 45.9 cm³/mol. The van der Waals surface area contributed by atoms with Crippen molar-refractivity contribution in [2.45, 2.75) is 0 Å². The molecule has 0 saturated heterocycles. The summed E-state index contributed by atoms with van der Waals surface area (Å²) in [7, 11) is 3.09. The minimum Gasteiger partial charge on any atom is -0.504 e. The largest absolute Gasteiger partial charge is 0.504 e. The van der Waals surface area contributed by atoms with Gasteiger partial charge in [-0.3, -0.25) is 14.8 Å². The predicted octanol–water partition coefficient (Wildman–Crippen LogP) is 0.945. The number of hydrogen-bond donors (Lipinski definition) is 0. The molecule has 1 rings (SSSR count). The number of aryl methyl sites for hydroxylation is 1. The van der Waals surface area contributed by atoms with Crippen LogP contribution in [-0.2, 0) is 11.8 Å². The van der Waals surface area contributed by atoms with Gasteiger partial charge in [-0.1, -0.05) is 0 Å². The summed E-state index contributed by atoms with van der Waals surface area (Å²) in [6.45, 7) is 0. The number of aromatic nitrogens is 2. The lowest BCUT2D eigenvalue weighted by atomic mass is 10.4. The molecular weight excluding hydrogens is 174 g/mol. The van der Waals surface area contributed by atoms with E-state index in [1.807, 2.05) is 0 Å². The number of methoxy groups -OCH3 is 1. The molecular formula is C7H9N3O3. The van der Waals surface area contributed by atoms with E-state index in [9.17, 15) is 10.1 Å². The standard InChI is InChI=1S/C7H9N3O3/c1-9-5-7(10(11)12)6(8-9)3-4-13-2/h3-5H,1-2H3/b4-3+. The van der Waals surface area contributed by atoms with Crippen LogP contribution in [0.1, 0.15) is 5.69 Å². The highest BCUT2D eigenvalue weighted by Gasteiger charge is 2.15. The summed E-state index contributed by atoms with van der Waals surface area (Å²) in [5, 5.41) is 14.4. The first-order chi connectivity index (χ1) is 6.15. The van der Waals surface area contributed by atoms with Gasteiger partial charge in [0.1, 0.15) is 6.20 Å². The molecule has 0 saturated carbocycles. The van der Waals surface area contributed by atoms with Crippen molar-refractivity contribution in [2.24, 2.45) is 7.05 Å². The van der Waals surface area contributed by atoms with Gasteiger partial charge >= 0.3 is 5.69 Å². The highest BCUT2D eigenvalue weighted by Crippen LogP contribution is 2.16. The average Bonchev–Trinajstić information content (AvgIpc) is 2.43. The molecule has 0 aliphatic heterocycles. The maximum absolute atomic E-state index is 10.5. The third-order valence-electron chi connectivity index (χ3n) is 1.40. The molecule has 0 aliphatic rings. The Balaban J connectivity index is 3.04. The van der Waals surface area contributed by atoms with Crippen molar-refractivity contribution in [1.29, 1.82) is 0 Å². The Bertz CT molecular complexity index is 343. The van der Waals surface area contributed by atoms with Gasteiger partial charge in [-0.15, -0.1) is 0 Å². The number of nitro groups is 1. The van der Waals surface area contributed by atoms with Crippen molar-refractivity contribution in [1.82, 2.24) is 9.78 Å². The summed E-state index contributed by atoms with van der Waals surface area (Å²) in [4.78, 5) is 9.99. The monoisotopic (exact) mass is 183 g/mol. The van der Waals surface area contributed by atoms with Gasteiger partial charge in [0.05, 0.1) is 18.3 Å². The van der Waals surface area contributed by atoms with Crippen molar-refractivity contribution in [3.05, 3.63) is 28.3 Å². The quantitative estimate of drug-likeness (QED) is 0.397. The first-order valence-electron chi connectivity index (χ1n) is 3.52. The molecule has 1 heterocycles. The summed E-state index contributed by atoms with van der Waals surface area (Å²) < 4.78 is 6.02. The van der Waals surface area contributed by atoms with Crippen LogP contribution in [0.2, 0.25) is 0 Å². The van der Waals surface area contributed by atoms with Gasteiger partial charge in [-0.25, -0.2) is 0 Å². The smallest absolute Gasteiger partial charge is 0.314 e. The summed E-state index contributed by atoms with van der Waals surface area (Å²) in [6.07, 6.45) is 4.13. The van der Waals surface area contributed by atoms with Gasteiger partial charge in [-0.05, 0) is 0 Å². The Kier molecular flexibility index (Phi) is 2.63. The number of rotatable bonds is 3. The van der Waals surface area contributed by atoms with Crippen LogP contribution in [0.4, 0.5) is 5.69 Å². The molecule has 1 aromatic heterocycles. The topological polar surface area (TPSA) is 70.2 Å². The van der Waals surface area contributed by atoms with Crippen LogP contribution in [0.25, 0.3) is 6.08 Å². The van der Waals surface area contributed by atoms with E-state index < -0.39 is 4.92 Å². The minimum absolute atomic E-state index is 0.0317. The lowest BCUT2D eigenvalue weighted by Gasteiger charge is -1.86. The minimum atomic E-state index is -0.484. The Hall–Kier alpha value is -1.85. The summed E-state index contributed by atoms with van der Waals surface area (Å²) >= 11 is 0. The Labute approximate surface area is 74.6 Å². The van der Waals surface area contributed by atoms with E-state index in [4.69, 9.17) is 0 Å². The summed E-state index contributed by atoms with van der Waals surface area (Å²) in [5.41, 5.74) is 0.255. The first-order valence-corrected chi connectivity index (χ1v) is 3.52. The molecule has 0 radical (unpaired) electrons. The zero-order valence-corrected chi connectivity index (χ0v) is 7.30. The number of nitrogens with zero attached hydrogens (tertiary/aromatic N) is 3. The highest BCUT2D eigenvalue weighted by molar-refractivity contribution is 5.55. The van der Waals surface area contributed by atoms with Crippen LogP contribution in [0.3, 0.4) is 0 Å². The van der Waals surface area contributed by atoms with Gasteiger partial charge in [0.2, 0.25) is 0 Å². The normalized spacial score (nSPS) is 10.6.